The molecule has 0 aromatic heterocycles. The summed E-state index contributed by atoms with van der Waals surface area (Å²) in [5, 5.41) is 5.82. The molecule has 7 nitrogen and oxygen atoms in total. The average molecular weight is 455 g/mol. The van der Waals surface area contributed by atoms with Crippen LogP contribution in [-0.2, 0) is 15.1 Å². The molecule has 4 rings (SSSR count). The Labute approximate surface area is 192 Å². The summed E-state index contributed by atoms with van der Waals surface area (Å²) >= 11 is 6.24. The Kier molecular flexibility index (Phi) is 6.37. The third-order valence-electron chi connectivity index (χ3n) is 6.11. The van der Waals surface area contributed by atoms with Crippen LogP contribution in [0.5, 0.6) is 0 Å². The van der Waals surface area contributed by atoms with Gasteiger partial charge in [-0.05, 0) is 50.1 Å². The van der Waals surface area contributed by atoms with E-state index in [9.17, 15) is 14.4 Å². The van der Waals surface area contributed by atoms with Crippen molar-refractivity contribution < 1.29 is 14.4 Å². The molecule has 2 saturated heterocycles. The van der Waals surface area contributed by atoms with Crippen molar-refractivity contribution >= 4 is 40.8 Å². The summed E-state index contributed by atoms with van der Waals surface area (Å²) in [6.07, 6.45) is 4.92. The quantitative estimate of drug-likeness (QED) is 0.665. The number of anilines is 2. The third-order valence-corrected chi connectivity index (χ3v) is 6.44. The molecule has 0 bridgehead atoms. The van der Waals surface area contributed by atoms with Crippen LogP contribution in [0.1, 0.15) is 38.2 Å². The lowest BCUT2D eigenvalue weighted by Gasteiger charge is -2.23. The Hall–Kier alpha value is -3.06. The SMILES string of the molecule is C[C@@]1(c2ccccc2Cl)NC(=O)N(CC(=O)Nc2ccc(N3CCCCCC3)cc2)C1=O. The van der Waals surface area contributed by atoms with Crippen LogP contribution in [0.15, 0.2) is 48.5 Å². The van der Waals surface area contributed by atoms with Crippen LogP contribution in [0.25, 0.3) is 0 Å². The lowest BCUT2D eigenvalue weighted by atomic mass is 9.92. The van der Waals surface area contributed by atoms with Crippen molar-refractivity contribution in [3.8, 4) is 0 Å². The Balaban J connectivity index is 1.40. The fourth-order valence-corrected chi connectivity index (χ4v) is 4.64. The van der Waals surface area contributed by atoms with Gasteiger partial charge in [0.1, 0.15) is 12.1 Å². The number of halogens is 1. The molecule has 4 amide bonds. The highest BCUT2D eigenvalue weighted by atomic mass is 35.5. The average Bonchev–Trinajstić information content (AvgIpc) is 2.97. The molecule has 0 saturated carbocycles. The first-order valence-electron chi connectivity index (χ1n) is 10.9. The van der Waals surface area contributed by atoms with Crippen LogP contribution in [0.4, 0.5) is 16.2 Å². The molecule has 168 valence electrons. The highest BCUT2D eigenvalue weighted by Gasteiger charge is 2.50. The molecular formula is C24H27ClN4O3. The molecule has 2 fully saturated rings. The lowest BCUT2D eigenvalue weighted by Crippen LogP contribution is -2.42. The number of imide groups is 1. The van der Waals surface area contributed by atoms with E-state index >= 15 is 0 Å². The van der Waals surface area contributed by atoms with Crippen LogP contribution in [0, 0.1) is 0 Å². The predicted molar refractivity (Wildman–Crippen MR) is 125 cm³/mol. The second-order valence-corrected chi connectivity index (χ2v) is 8.83. The van der Waals surface area contributed by atoms with Gasteiger partial charge >= 0.3 is 6.03 Å². The number of hydrogen-bond acceptors (Lipinski definition) is 4. The highest BCUT2D eigenvalue weighted by Crippen LogP contribution is 2.33. The molecule has 1 atom stereocenters. The maximum atomic E-state index is 13.0. The first kappa shape index (κ1) is 22.1. The first-order chi connectivity index (χ1) is 15.4. The molecule has 0 spiro atoms. The number of carbonyl (C=O) groups is 3. The second kappa shape index (κ2) is 9.20. The van der Waals surface area contributed by atoms with E-state index in [2.05, 4.69) is 15.5 Å². The van der Waals surface area contributed by atoms with Gasteiger partial charge in [-0.15, -0.1) is 0 Å². The van der Waals surface area contributed by atoms with Crippen molar-refractivity contribution in [2.75, 3.05) is 29.9 Å². The zero-order valence-corrected chi connectivity index (χ0v) is 18.8. The molecule has 8 heteroatoms. The summed E-state index contributed by atoms with van der Waals surface area (Å²) in [6.45, 7) is 3.30. The summed E-state index contributed by atoms with van der Waals surface area (Å²) < 4.78 is 0. The summed E-state index contributed by atoms with van der Waals surface area (Å²) in [5.74, 6) is -0.957. The van der Waals surface area contributed by atoms with E-state index < -0.39 is 23.4 Å². The van der Waals surface area contributed by atoms with E-state index in [1.165, 1.54) is 25.7 Å². The Morgan fingerprint density at radius 1 is 1.03 bits per heavy atom. The van der Waals surface area contributed by atoms with E-state index in [0.717, 1.165) is 23.7 Å². The Morgan fingerprint density at radius 3 is 2.34 bits per heavy atom. The van der Waals surface area contributed by atoms with Gasteiger partial charge in [-0.2, -0.15) is 0 Å². The number of rotatable bonds is 5. The fourth-order valence-electron chi connectivity index (χ4n) is 4.32. The predicted octanol–water partition coefficient (Wildman–Crippen LogP) is 4.13. The molecule has 32 heavy (non-hydrogen) atoms. The van der Waals surface area contributed by atoms with Crippen molar-refractivity contribution in [3.05, 3.63) is 59.1 Å². The number of benzene rings is 2. The van der Waals surface area contributed by atoms with Crippen LogP contribution in [0.2, 0.25) is 5.02 Å². The second-order valence-electron chi connectivity index (χ2n) is 8.42. The van der Waals surface area contributed by atoms with E-state index in [4.69, 9.17) is 11.6 Å². The molecular weight excluding hydrogens is 428 g/mol. The minimum atomic E-state index is -1.31. The van der Waals surface area contributed by atoms with Gasteiger partial charge in [-0.3, -0.25) is 14.5 Å². The zero-order chi connectivity index (χ0) is 22.7. The van der Waals surface area contributed by atoms with Crippen LogP contribution in [0.3, 0.4) is 0 Å². The smallest absolute Gasteiger partial charge is 0.325 e. The van der Waals surface area contributed by atoms with Gasteiger partial charge < -0.3 is 15.5 Å². The van der Waals surface area contributed by atoms with E-state index in [1.807, 2.05) is 24.3 Å². The summed E-state index contributed by atoms with van der Waals surface area (Å²) in [7, 11) is 0. The molecule has 2 aromatic carbocycles. The van der Waals surface area contributed by atoms with Gasteiger partial charge in [0.15, 0.2) is 0 Å². The van der Waals surface area contributed by atoms with E-state index in [0.29, 0.717) is 16.3 Å². The van der Waals surface area contributed by atoms with Crippen molar-refractivity contribution in [1.82, 2.24) is 10.2 Å². The van der Waals surface area contributed by atoms with Gasteiger partial charge in [0.05, 0.1) is 0 Å². The normalized spacial score (nSPS) is 21.3. The lowest BCUT2D eigenvalue weighted by molar-refractivity contribution is -0.133. The largest absolute Gasteiger partial charge is 0.372 e. The molecule has 0 radical (unpaired) electrons. The molecule has 2 aromatic rings. The van der Waals surface area contributed by atoms with Gasteiger partial charge in [0, 0.05) is 35.1 Å². The third kappa shape index (κ3) is 4.43. The van der Waals surface area contributed by atoms with Gasteiger partial charge in [-0.1, -0.05) is 42.6 Å². The summed E-state index contributed by atoms with van der Waals surface area (Å²) in [5.41, 5.74) is 0.931. The molecule has 0 unspecified atom stereocenters. The number of hydrogen-bond donors (Lipinski definition) is 2. The zero-order valence-electron chi connectivity index (χ0n) is 18.1. The number of urea groups is 1. The number of nitrogens with one attached hydrogen (secondary N) is 2. The van der Waals surface area contributed by atoms with Crippen LogP contribution >= 0.6 is 11.6 Å². The first-order valence-corrected chi connectivity index (χ1v) is 11.3. The molecule has 2 heterocycles. The molecule has 2 aliphatic rings. The van der Waals surface area contributed by atoms with Gasteiger partial charge in [0.25, 0.3) is 5.91 Å². The van der Waals surface area contributed by atoms with Crippen molar-refractivity contribution in [2.45, 2.75) is 38.1 Å². The van der Waals surface area contributed by atoms with Crippen molar-refractivity contribution in [2.24, 2.45) is 0 Å². The molecule has 2 aliphatic heterocycles. The number of carbonyl (C=O) groups excluding carboxylic acids is 3. The molecule has 0 aliphatic carbocycles. The topological polar surface area (TPSA) is 81.8 Å². The van der Waals surface area contributed by atoms with Crippen LogP contribution in [-0.4, -0.2) is 42.4 Å². The Bertz CT molecular complexity index is 1020. The maximum Gasteiger partial charge on any atom is 0.325 e. The standard InChI is InChI=1S/C24H27ClN4O3/c1-24(19-8-4-5-9-20(19)25)22(31)29(23(32)27-24)16-21(30)26-17-10-12-18(13-11-17)28-14-6-2-3-7-15-28/h4-5,8-13H,2-3,6-7,14-16H2,1H3,(H,26,30)(H,27,32)/t24-/m0/s1. The number of nitrogens with zero attached hydrogens (tertiary/aromatic N) is 2. The monoisotopic (exact) mass is 454 g/mol. The highest BCUT2D eigenvalue weighted by molar-refractivity contribution is 6.32. The summed E-state index contributed by atoms with van der Waals surface area (Å²) in [6, 6.07) is 13.9. The van der Waals surface area contributed by atoms with E-state index in [-0.39, 0.29) is 6.54 Å². The van der Waals surface area contributed by atoms with Gasteiger partial charge in [-0.25, -0.2) is 4.79 Å². The minimum Gasteiger partial charge on any atom is -0.372 e. The van der Waals surface area contributed by atoms with E-state index in [1.54, 1.807) is 31.2 Å². The van der Waals surface area contributed by atoms with Crippen molar-refractivity contribution in [1.29, 1.82) is 0 Å². The fraction of sp³-hybridized carbons (Fsp3) is 0.375. The molecule has 2 N–H and O–H groups in total. The minimum absolute atomic E-state index is 0.374. The maximum absolute atomic E-state index is 13.0. The van der Waals surface area contributed by atoms with Gasteiger partial charge in [0.2, 0.25) is 5.91 Å². The Morgan fingerprint density at radius 2 is 1.69 bits per heavy atom. The van der Waals surface area contributed by atoms with Crippen LogP contribution < -0.4 is 15.5 Å². The number of amides is 4. The van der Waals surface area contributed by atoms with Crippen molar-refractivity contribution in [3.63, 3.8) is 0 Å². The summed E-state index contributed by atoms with van der Waals surface area (Å²) in [4.78, 5) is 41.4.